The van der Waals surface area contributed by atoms with Gasteiger partial charge >= 0.3 is 0 Å². The van der Waals surface area contributed by atoms with Crippen molar-refractivity contribution in [3.63, 3.8) is 0 Å². The van der Waals surface area contributed by atoms with Gasteiger partial charge in [0.2, 0.25) is 0 Å². The smallest absolute Gasteiger partial charge is 0.0795 e. The first-order valence-electron chi connectivity index (χ1n) is 4.06. The summed E-state index contributed by atoms with van der Waals surface area (Å²) in [5, 5.41) is 3.35. The van der Waals surface area contributed by atoms with Gasteiger partial charge < -0.3 is 0 Å². The molecule has 0 aromatic carbocycles. The van der Waals surface area contributed by atoms with Crippen molar-refractivity contribution < 1.29 is 0 Å². The summed E-state index contributed by atoms with van der Waals surface area (Å²) in [5.41, 5.74) is 2.25. The fourth-order valence-corrected chi connectivity index (χ4v) is 10.8. The lowest BCUT2D eigenvalue weighted by Crippen LogP contribution is -2.33. The Morgan fingerprint density at radius 2 is 1.25 bits per heavy atom. The minimum absolute atomic E-state index is 1.12. The summed E-state index contributed by atoms with van der Waals surface area (Å²) in [6.07, 6.45) is 0. The molecule has 0 aliphatic carbocycles. The minimum atomic E-state index is -1.15. The Hall–Kier alpha value is 1.40. The molecule has 0 atom stereocenters. The summed E-state index contributed by atoms with van der Waals surface area (Å²) in [6.45, 7) is 3.99. The molecule has 0 aliphatic rings. The molecule has 0 heterocycles. The van der Waals surface area contributed by atoms with Crippen molar-refractivity contribution in [3.05, 3.63) is 12.3 Å². The van der Waals surface area contributed by atoms with E-state index in [1.54, 1.807) is 0 Å². The lowest BCUT2D eigenvalue weighted by molar-refractivity contribution is 1.23. The van der Waals surface area contributed by atoms with E-state index in [9.17, 15) is 0 Å². The second-order valence-electron chi connectivity index (χ2n) is 2.88. The standard InChI is InChI=1S/C8H15Br3Si/c1-2-12(6-3-9,7-4-10)8-5-11/h2H,1,3-8H2. The molecule has 0 aliphatic heterocycles. The first-order valence-corrected chi connectivity index (χ1v) is 10.1. The summed E-state index contributed by atoms with van der Waals surface area (Å²) in [7, 11) is -1.15. The average Bonchev–Trinajstić information content (AvgIpc) is 2.06. The molecule has 0 N–H and O–H groups in total. The van der Waals surface area contributed by atoms with E-state index in [1.807, 2.05) is 0 Å². The molecule has 0 spiro atoms. The minimum Gasteiger partial charge on any atom is -0.107 e. The molecule has 0 rings (SSSR count). The molecule has 12 heavy (non-hydrogen) atoms. The van der Waals surface area contributed by atoms with Gasteiger partial charge in [-0.2, -0.15) is 0 Å². The molecule has 0 aromatic rings. The molecule has 0 amide bonds. The Labute approximate surface area is 102 Å². The van der Waals surface area contributed by atoms with E-state index in [1.165, 1.54) is 18.1 Å². The maximum Gasteiger partial charge on any atom is 0.0795 e. The highest BCUT2D eigenvalue weighted by atomic mass is 79.9. The van der Waals surface area contributed by atoms with Crippen LogP contribution in [0.5, 0.6) is 0 Å². The van der Waals surface area contributed by atoms with E-state index in [-0.39, 0.29) is 0 Å². The highest BCUT2D eigenvalue weighted by molar-refractivity contribution is 9.09. The number of rotatable bonds is 7. The van der Waals surface area contributed by atoms with Crippen molar-refractivity contribution in [2.75, 3.05) is 16.0 Å². The van der Waals surface area contributed by atoms with E-state index in [4.69, 9.17) is 0 Å². The van der Waals surface area contributed by atoms with Crippen molar-refractivity contribution in [1.29, 1.82) is 0 Å². The zero-order valence-electron chi connectivity index (χ0n) is 7.16. The van der Waals surface area contributed by atoms with Crippen LogP contribution >= 0.6 is 47.8 Å². The number of hydrogen-bond donors (Lipinski definition) is 0. The lowest BCUT2D eigenvalue weighted by Gasteiger charge is -2.25. The molecule has 0 aromatic heterocycles. The first kappa shape index (κ1) is 13.4. The van der Waals surface area contributed by atoms with Crippen molar-refractivity contribution in [2.24, 2.45) is 0 Å². The zero-order valence-corrected chi connectivity index (χ0v) is 12.9. The van der Waals surface area contributed by atoms with Crippen molar-refractivity contribution in [3.8, 4) is 0 Å². The van der Waals surface area contributed by atoms with Crippen LogP contribution in [-0.4, -0.2) is 24.1 Å². The molecule has 4 heteroatoms. The van der Waals surface area contributed by atoms with Gasteiger partial charge in [-0.15, -0.1) is 12.3 Å². The van der Waals surface area contributed by atoms with Gasteiger partial charge in [-0.3, -0.25) is 0 Å². The van der Waals surface area contributed by atoms with Crippen LogP contribution in [0.15, 0.2) is 12.3 Å². The van der Waals surface area contributed by atoms with Gasteiger partial charge in [0.15, 0.2) is 0 Å². The Morgan fingerprint density at radius 3 is 1.42 bits per heavy atom. The predicted molar refractivity (Wildman–Crippen MR) is 71.8 cm³/mol. The third-order valence-corrected chi connectivity index (χ3v) is 10.2. The van der Waals surface area contributed by atoms with Crippen LogP contribution in [-0.2, 0) is 0 Å². The van der Waals surface area contributed by atoms with Crippen molar-refractivity contribution in [1.82, 2.24) is 0 Å². The van der Waals surface area contributed by atoms with Crippen LogP contribution in [0.4, 0.5) is 0 Å². The van der Waals surface area contributed by atoms with Gasteiger partial charge in [0.25, 0.3) is 0 Å². The molecule has 0 nitrogen and oxygen atoms in total. The third-order valence-electron chi connectivity index (χ3n) is 2.21. The second kappa shape index (κ2) is 7.77. The summed E-state index contributed by atoms with van der Waals surface area (Å²) in [5.74, 6) is 0. The van der Waals surface area contributed by atoms with Gasteiger partial charge in [-0.05, 0) is 18.1 Å². The summed E-state index contributed by atoms with van der Waals surface area (Å²) in [4.78, 5) is 0. The number of alkyl halides is 3. The molecule has 72 valence electrons. The van der Waals surface area contributed by atoms with Gasteiger partial charge in [0.1, 0.15) is 0 Å². The molecule has 0 unspecified atom stereocenters. The monoisotopic (exact) mass is 376 g/mol. The fraction of sp³-hybridized carbons (Fsp3) is 0.750. The quantitative estimate of drug-likeness (QED) is 0.456. The lowest BCUT2D eigenvalue weighted by atomic mass is 10.9. The molecular formula is C8H15Br3Si. The molecule has 0 fully saturated rings. The van der Waals surface area contributed by atoms with Crippen LogP contribution < -0.4 is 0 Å². The van der Waals surface area contributed by atoms with Crippen LogP contribution in [0.2, 0.25) is 18.1 Å². The van der Waals surface area contributed by atoms with E-state index >= 15 is 0 Å². The Kier molecular flexibility index (Phi) is 8.67. The second-order valence-corrected chi connectivity index (χ2v) is 9.90. The first-order chi connectivity index (χ1) is 5.74. The fourth-order valence-electron chi connectivity index (χ4n) is 1.25. The molecular weight excluding hydrogens is 364 g/mol. The Morgan fingerprint density at radius 1 is 0.917 bits per heavy atom. The molecule has 0 radical (unpaired) electrons. The predicted octanol–water partition coefficient (Wildman–Crippen LogP) is 4.35. The molecule has 0 saturated carbocycles. The highest BCUT2D eigenvalue weighted by Gasteiger charge is 2.26. The Bertz CT molecular complexity index is 110. The summed E-state index contributed by atoms with van der Waals surface area (Å²) >= 11 is 10.6. The topological polar surface area (TPSA) is 0 Å². The Balaban J connectivity index is 4.16. The maximum absolute atomic E-state index is 3.99. The van der Waals surface area contributed by atoms with Crippen LogP contribution in [0.25, 0.3) is 0 Å². The largest absolute Gasteiger partial charge is 0.107 e. The average molecular weight is 379 g/mol. The summed E-state index contributed by atoms with van der Waals surface area (Å²) in [6, 6.07) is 3.94. The van der Waals surface area contributed by atoms with E-state index in [0.29, 0.717) is 0 Å². The van der Waals surface area contributed by atoms with E-state index < -0.39 is 8.07 Å². The normalized spacial score (nSPS) is 11.6. The van der Waals surface area contributed by atoms with Gasteiger partial charge in [0.05, 0.1) is 8.07 Å². The van der Waals surface area contributed by atoms with Gasteiger partial charge in [0, 0.05) is 16.0 Å². The number of halogens is 3. The molecule has 0 saturated heterocycles. The van der Waals surface area contributed by atoms with Crippen molar-refractivity contribution in [2.45, 2.75) is 18.1 Å². The van der Waals surface area contributed by atoms with E-state index in [2.05, 4.69) is 60.1 Å². The van der Waals surface area contributed by atoms with Gasteiger partial charge in [-0.1, -0.05) is 47.8 Å². The molecule has 0 bridgehead atoms. The SMILES string of the molecule is C=C[Si](CCBr)(CCBr)CCBr. The van der Waals surface area contributed by atoms with Gasteiger partial charge in [-0.25, -0.2) is 0 Å². The van der Waals surface area contributed by atoms with Crippen LogP contribution in [0, 0.1) is 0 Å². The number of hydrogen-bond acceptors (Lipinski definition) is 0. The highest BCUT2D eigenvalue weighted by Crippen LogP contribution is 2.25. The van der Waals surface area contributed by atoms with Crippen LogP contribution in [0.1, 0.15) is 0 Å². The van der Waals surface area contributed by atoms with Crippen LogP contribution in [0.3, 0.4) is 0 Å². The van der Waals surface area contributed by atoms with Crippen molar-refractivity contribution >= 4 is 55.9 Å². The summed E-state index contributed by atoms with van der Waals surface area (Å²) < 4.78 is 0. The van der Waals surface area contributed by atoms with E-state index in [0.717, 1.165) is 16.0 Å². The maximum atomic E-state index is 3.99. The third kappa shape index (κ3) is 4.58. The zero-order chi connectivity index (χ0) is 9.45.